The molecule has 134 valence electrons. The van der Waals surface area contributed by atoms with Crippen LogP contribution in [-0.4, -0.2) is 15.3 Å². The first-order valence-corrected chi connectivity index (χ1v) is 8.49. The molecule has 1 aromatic carbocycles. The van der Waals surface area contributed by atoms with Gasteiger partial charge in [0.15, 0.2) is 11.9 Å². The van der Waals surface area contributed by atoms with Gasteiger partial charge >= 0.3 is 0 Å². The third kappa shape index (κ3) is 3.18. The van der Waals surface area contributed by atoms with E-state index in [1.54, 1.807) is 16.4 Å². The van der Waals surface area contributed by atoms with Crippen molar-refractivity contribution in [1.29, 1.82) is 0 Å². The van der Waals surface area contributed by atoms with Gasteiger partial charge in [-0.2, -0.15) is 4.57 Å². The fourth-order valence-electron chi connectivity index (χ4n) is 2.97. The number of carbonyl (C=O) groups excluding carboxylic acids is 1. The number of rotatable bonds is 4. The summed E-state index contributed by atoms with van der Waals surface area (Å²) in [5.41, 5.74) is 3.67. The average molecular weight is 351 g/mol. The molecule has 2 heterocycles. The molecule has 3 rings (SSSR count). The van der Waals surface area contributed by atoms with Crippen LogP contribution in [0.4, 0.5) is 5.69 Å². The molecule has 0 saturated heterocycles. The topological polar surface area (TPSA) is 59.9 Å². The number of pyridine rings is 1. The van der Waals surface area contributed by atoms with Crippen molar-refractivity contribution < 1.29 is 9.36 Å². The third-order valence-electron chi connectivity index (χ3n) is 4.75. The standard InChI is InChI=1S/C20H22N4O2/c1-14-9-8-12-23(15(14)2)13-18(25)21-19-16(3)22(4)24(20(19)26)17-10-6-5-7-11-17/h5-12H,13H2,1-4H3/p+1. The van der Waals surface area contributed by atoms with E-state index in [0.29, 0.717) is 11.4 Å². The second kappa shape index (κ2) is 7.00. The predicted octanol–water partition coefficient (Wildman–Crippen LogP) is 2.03. The van der Waals surface area contributed by atoms with Crippen LogP contribution in [0.1, 0.15) is 17.0 Å². The average Bonchev–Trinajstić information content (AvgIpc) is 2.83. The molecule has 0 unspecified atom stereocenters. The van der Waals surface area contributed by atoms with E-state index in [4.69, 9.17) is 0 Å². The number of aryl methyl sites for hydroxylation is 1. The number of aromatic nitrogens is 3. The molecule has 0 fully saturated rings. The van der Waals surface area contributed by atoms with Gasteiger partial charge in [-0.25, -0.2) is 4.68 Å². The maximum atomic E-state index is 12.8. The number of benzene rings is 1. The van der Waals surface area contributed by atoms with E-state index >= 15 is 0 Å². The molecule has 1 N–H and O–H groups in total. The van der Waals surface area contributed by atoms with E-state index in [1.807, 2.05) is 74.0 Å². The van der Waals surface area contributed by atoms with Crippen molar-refractivity contribution in [2.24, 2.45) is 7.05 Å². The maximum Gasteiger partial charge on any atom is 0.295 e. The Bertz CT molecular complexity index is 1020. The number of hydrogen-bond donors (Lipinski definition) is 1. The maximum absolute atomic E-state index is 12.8. The van der Waals surface area contributed by atoms with Crippen LogP contribution >= 0.6 is 0 Å². The van der Waals surface area contributed by atoms with Crippen molar-refractivity contribution >= 4 is 11.6 Å². The zero-order valence-electron chi connectivity index (χ0n) is 15.5. The predicted molar refractivity (Wildman–Crippen MR) is 100 cm³/mol. The molecule has 2 aromatic heterocycles. The fraction of sp³-hybridized carbons (Fsp3) is 0.250. The summed E-state index contributed by atoms with van der Waals surface area (Å²) in [6, 6.07) is 13.3. The lowest BCUT2D eigenvalue weighted by molar-refractivity contribution is -0.690. The summed E-state index contributed by atoms with van der Waals surface area (Å²) >= 11 is 0. The minimum atomic E-state index is -0.240. The molecule has 0 saturated carbocycles. The van der Waals surface area contributed by atoms with Crippen molar-refractivity contribution in [2.75, 3.05) is 5.32 Å². The number of anilines is 1. The van der Waals surface area contributed by atoms with Crippen LogP contribution in [0.15, 0.2) is 53.5 Å². The Morgan fingerprint density at radius 2 is 1.77 bits per heavy atom. The summed E-state index contributed by atoms with van der Waals surface area (Å²) in [6.45, 7) is 5.95. The van der Waals surface area contributed by atoms with E-state index in [2.05, 4.69) is 5.32 Å². The number of nitrogens with zero attached hydrogens (tertiary/aromatic N) is 3. The molecule has 26 heavy (non-hydrogen) atoms. The van der Waals surface area contributed by atoms with Gasteiger partial charge in [-0.3, -0.25) is 14.3 Å². The summed E-state index contributed by atoms with van der Waals surface area (Å²) in [7, 11) is 1.80. The van der Waals surface area contributed by atoms with Crippen LogP contribution in [0, 0.1) is 20.8 Å². The second-order valence-electron chi connectivity index (χ2n) is 6.39. The molecular formula is C20H23N4O2+. The molecule has 0 bridgehead atoms. The zero-order valence-corrected chi connectivity index (χ0v) is 15.5. The summed E-state index contributed by atoms with van der Waals surface area (Å²) in [5.74, 6) is -0.227. The molecule has 0 aliphatic rings. The second-order valence-corrected chi connectivity index (χ2v) is 6.39. The quantitative estimate of drug-likeness (QED) is 0.731. The number of amides is 1. The fourth-order valence-corrected chi connectivity index (χ4v) is 2.97. The molecule has 0 radical (unpaired) electrons. The zero-order chi connectivity index (χ0) is 18.8. The van der Waals surface area contributed by atoms with Gasteiger partial charge in [-0.15, -0.1) is 0 Å². The number of nitrogens with one attached hydrogen (secondary N) is 1. The van der Waals surface area contributed by atoms with E-state index in [-0.39, 0.29) is 18.0 Å². The van der Waals surface area contributed by atoms with Crippen molar-refractivity contribution in [3.63, 3.8) is 0 Å². The van der Waals surface area contributed by atoms with Crippen LogP contribution in [0.2, 0.25) is 0 Å². The first-order chi connectivity index (χ1) is 12.4. The Hall–Kier alpha value is -3.15. The SMILES string of the molecule is Cc1ccc[n+](CC(=O)Nc2c(C)n(C)n(-c3ccccc3)c2=O)c1C. The van der Waals surface area contributed by atoms with Crippen molar-refractivity contribution in [3.8, 4) is 5.69 Å². The van der Waals surface area contributed by atoms with Gasteiger partial charge in [-0.1, -0.05) is 18.2 Å². The molecular weight excluding hydrogens is 328 g/mol. The first-order valence-electron chi connectivity index (χ1n) is 8.49. The van der Waals surface area contributed by atoms with Crippen molar-refractivity contribution in [3.05, 3.63) is 76.0 Å². The molecule has 0 atom stereocenters. The van der Waals surface area contributed by atoms with Crippen LogP contribution in [0.3, 0.4) is 0 Å². The summed E-state index contributed by atoms with van der Waals surface area (Å²) < 4.78 is 5.17. The van der Waals surface area contributed by atoms with Gasteiger partial charge < -0.3 is 5.32 Å². The summed E-state index contributed by atoms with van der Waals surface area (Å²) in [4.78, 5) is 25.4. The highest BCUT2D eigenvalue weighted by Crippen LogP contribution is 2.13. The summed E-state index contributed by atoms with van der Waals surface area (Å²) in [5, 5.41) is 2.79. The molecule has 6 heteroatoms. The van der Waals surface area contributed by atoms with E-state index in [0.717, 1.165) is 16.9 Å². The highest BCUT2D eigenvalue weighted by molar-refractivity contribution is 5.90. The highest BCUT2D eigenvalue weighted by atomic mass is 16.2. The van der Waals surface area contributed by atoms with Crippen LogP contribution in [0.25, 0.3) is 5.69 Å². The minimum absolute atomic E-state index is 0.159. The molecule has 0 spiro atoms. The largest absolute Gasteiger partial charge is 0.314 e. The lowest BCUT2D eigenvalue weighted by atomic mass is 10.2. The monoisotopic (exact) mass is 351 g/mol. The molecule has 0 aliphatic carbocycles. The molecule has 3 aromatic rings. The number of carbonyl (C=O) groups is 1. The van der Waals surface area contributed by atoms with Crippen LogP contribution < -0.4 is 15.4 Å². The Balaban J connectivity index is 1.90. The summed E-state index contributed by atoms with van der Waals surface area (Å²) in [6.07, 6.45) is 1.86. The number of hydrogen-bond acceptors (Lipinski definition) is 2. The Labute approximate surface area is 152 Å². The smallest absolute Gasteiger partial charge is 0.295 e. The van der Waals surface area contributed by atoms with Gasteiger partial charge in [0.05, 0.1) is 11.4 Å². The number of para-hydroxylation sites is 1. The van der Waals surface area contributed by atoms with E-state index in [9.17, 15) is 9.59 Å². The van der Waals surface area contributed by atoms with Gasteiger partial charge in [-0.05, 0) is 32.0 Å². The van der Waals surface area contributed by atoms with E-state index in [1.165, 1.54) is 0 Å². The van der Waals surface area contributed by atoms with Gasteiger partial charge in [0.1, 0.15) is 5.69 Å². The highest BCUT2D eigenvalue weighted by Gasteiger charge is 2.20. The third-order valence-corrected chi connectivity index (χ3v) is 4.75. The Kier molecular flexibility index (Phi) is 4.75. The Morgan fingerprint density at radius 1 is 1.08 bits per heavy atom. The van der Waals surface area contributed by atoms with Crippen molar-refractivity contribution in [1.82, 2.24) is 9.36 Å². The van der Waals surface area contributed by atoms with Crippen LogP contribution in [0.5, 0.6) is 0 Å². The van der Waals surface area contributed by atoms with Gasteiger partial charge in [0.25, 0.3) is 11.5 Å². The van der Waals surface area contributed by atoms with E-state index < -0.39 is 0 Å². The van der Waals surface area contributed by atoms with Crippen LogP contribution in [-0.2, 0) is 18.4 Å². The first kappa shape index (κ1) is 17.7. The molecule has 0 aliphatic heterocycles. The minimum Gasteiger partial charge on any atom is -0.314 e. The molecule has 1 amide bonds. The van der Waals surface area contributed by atoms with Gasteiger partial charge in [0.2, 0.25) is 6.54 Å². The van der Waals surface area contributed by atoms with Gasteiger partial charge in [0, 0.05) is 25.6 Å². The van der Waals surface area contributed by atoms with Crippen molar-refractivity contribution in [2.45, 2.75) is 27.3 Å². The lowest BCUT2D eigenvalue weighted by Crippen LogP contribution is -2.43. The lowest BCUT2D eigenvalue weighted by Gasteiger charge is -2.07. The molecule has 6 nitrogen and oxygen atoms in total. The normalized spacial score (nSPS) is 10.8. The Morgan fingerprint density at radius 3 is 2.46 bits per heavy atom.